The van der Waals surface area contributed by atoms with Crippen LogP contribution in [0.1, 0.15) is 71.1 Å². The van der Waals surface area contributed by atoms with Crippen LogP contribution in [0.15, 0.2) is 12.4 Å². The van der Waals surface area contributed by atoms with Crippen LogP contribution in [0.3, 0.4) is 0 Å². The molecule has 5 nitrogen and oxygen atoms in total. The summed E-state index contributed by atoms with van der Waals surface area (Å²) in [4.78, 5) is 1.87. The molecule has 29 heavy (non-hydrogen) atoms. The van der Waals surface area contributed by atoms with E-state index < -0.39 is 5.60 Å². The van der Waals surface area contributed by atoms with Crippen molar-refractivity contribution in [2.75, 3.05) is 13.7 Å². The van der Waals surface area contributed by atoms with Crippen LogP contribution in [0.5, 0.6) is 0 Å². The summed E-state index contributed by atoms with van der Waals surface area (Å²) in [5.74, 6) is 5.15. The predicted octanol–water partition coefficient (Wildman–Crippen LogP) is 4.31. The van der Waals surface area contributed by atoms with Crippen LogP contribution in [0.2, 0.25) is 0 Å². The standard InChI is InChI=1S/C24H39N3O2/c1-23-10-7-20-19-8-11-24(28,16-29-2)15-17(19)3-5-21(20)22(23)6-4-18(23)9-14-27-25-12-13-26-27/h12-13,17-22,28H,3-11,14-16H2,1-2H3/t17-,18+,19-,20+,21+,22-,23+,24+/m0/s1. The zero-order chi connectivity index (χ0) is 20.1. The minimum absolute atomic E-state index is 0.512. The van der Waals surface area contributed by atoms with Crippen molar-refractivity contribution in [2.45, 2.75) is 83.3 Å². The fourth-order valence-electron chi connectivity index (χ4n) is 8.58. The first-order valence-corrected chi connectivity index (χ1v) is 12.1. The van der Waals surface area contributed by atoms with Crippen molar-refractivity contribution in [3.8, 4) is 0 Å². The summed E-state index contributed by atoms with van der Waals surface area (Å²) in [6.45, 7) is 4.10. The monoisotopic (exact) mass is 401 g/mol. The van der Waals surface area contributed by atoms with Gasteiger partial charge in [-0.25, -0.2) is 0 Å². The van der Waals surface area contributed by atoms with Gasteiger partial charge in [0.2, 0.25) is 0 Å². The number of methoxy groups -OCH3 is 1. The zero-order valence-corrected chi connectivity index (χ0v) is 18.3. The molecular formula is C24H39N3O2. The van der Waals surface area contributed by atoms with E-state index in [2.05, 4.69) is 17.1 Å². The molecule has 8 atom stereocenters. The van der Waals surface area contributed by atoms with Gasteiger partial charge in [0.05, 0.1) is 31.1 Å². The van der Waals surface area contributed by atoms with Gasteiger partial charge in [-0.3, -0.25) is 0 Å². The van der Waals surface area contributed by atoms with Gasteiger partial charge in [-0.2, -0.15) is 15.0 Å². The van der Waals surface area contributed by atoms with E-state index in [4.69, 9.17) is 4.74 Å². The van der Waals surface area contributed by atoms with E-state index in [1.807, 2.05) is 4.80 Å². The molecule has 1 heterocycles. The number of nitrogens with zero attached hydrogens (tertiary/aromatic N) is 3. The van der Waals surface area contributed by atoms with Crippen LogP contribution in [-0.4, -0.2) is 39.4 Å². The summed E-state index contributed by atoms with van der Waals surface area (Å²) < 4.78 is 5.34. The fraction of sp³-hybridized carbons (Fsp3) is 0.917. The van der Waals surface area contributed by atoms with Crippen LogP contribution in [-0.2, 0) is 11.3 Å². The SMILES string of the molecule is COC[C@@]1(O)CC[C@H]2[C@@H](CC[C@@H]3[C@@H]2CC[C@]2(C)[C@@H](CCn4nccn4)CC[C@@H]32)C1. The van der Waals surface area contributed by atoms with Crippen LogP contribution in [0.4, 0.5) is 0 Å². The smallest absolute Gasteiger partial charge is 0.0882 e. The lowest BCUT2D eigenvalue weighted by atomic mass is 9.49. The van der Waals surface area contributed by atoms with Gasteiger partial charge in [0, 0.05) is 7.11 Å². The van der Waals surface area contributed by atoms with Crippen molar-refractivity contribution in [3.63, 3.8) is 0 Å². The van der Waals surface area contributed by atoms with Gasteiger partial charge in [-0.1, -0.05) is 6.92 Å². The van der Waals surface area contributed by atoms with Crippen LogP contribution < -0.4 is 0 Å². The lowest BCUT2D eigenvalue weighted by Gasteiger charge is -2.57. The Morgan fingerprint density at radius 1 is 1.00 bits per heavy atom. The number of hydrogen-bond donors (Lipinski definition) is 1. The summed E-state index contributed by atoms with van der Waals surface area (Å²) >= 11 is 0. The van der Waals surface area contributed by atoms with Crippen molar-refractivity contribution in [2.24, 2.45) is 40.9 Å². The summed E-state index contributed by atoms with van der Waals surface area (Å²) in [6, 6.07) is 0. The highest BCUT2D eigenvalue weighted by molar-refractivity contribution is 5.07. The highest BCUT2D eigenvalue weighted by Crippen LogP contribution is 2.65. The van der Waals surface area contributed by atoms with Crippen molar-refractivity contribution in [1.29, 1.82) is 0 Å². The van der Waals surface area contributed by atoms with Crippen LogP contribution >= 0.6 is 0 Å². The molecule has 1 N–H and O–H groups in total. The first kappa shape index (κ1) is 20.0. The second kappa shape index (κ2) is 7.64. The molecule has 4 aliphatic carbocycles. The molecule has 4 saturated carbocycles. The normalized spacial score (nSPS) is 46.7. The Morgan fingerprint density at radius 3 is 2.59 bits per heavy atom. The topological polar surface area (TPSA) is 60.2 Å². The quantitative estimate of drug-likeness (QED) is 0.798. The van der Waals surface area contributed by atoms with Crippen molar-refractivity contribution >= 4 is 0 Å². The van der Waals surface area contributed by atoms with E-state index in [0.29, 0.717) is 12.0 Å². The molecule has 5 heteroatoms. The number of aliphatic hydroxyl groups is 1. The molecule has 4 fully saturated rings. The van der Waals surface area contributed by atoms with E-state index in [0.717, 1.165) is 54.9 Å². The Balaban J connectivity index is 1.26. The summed E-state index contributed by atoms with van der Waals surface area (Å²) in [6.07, 6.45) is 16.3. The maximum atomic E-state index is 10.9. The van der Waals surface area contributed by atoms with E-state index in [1.165, 1.54) is 51.4 Å². The van der Waals surface area contributed by atoms with Crippen LogP contribution in [0.25, 0.3) is 0 Å². The Hall–Kier alpha value is -0.940. The number of rotatable bonds is 5. The molecule has 0 aliphatic heterocycles. The molecule has 5 rings (SSSR count). The maximum absolute atomic E-state index is 10.9. The van der Waals surface area contributed by atoms with E-state index >= 15 is 0 Å². The second-order valence-corrected chi connectivity index (χ2v) is 11.1. The number of aryl methyl sites for hydroxylation is 1. The number of hydrogen-bond acceptors (Lipinski definition) is 4. The van der Waals surface area contributed by atoms with Gasteiger partial charge in [0.15, 0.2) is 0 Å². The van der Waals surface area contributed by atoms with Gasteiger partial charge in [0.25, 0.3) is 0 Å². The summed E-state index contributed by atoms with van der Waals surface area (Å²) in [5, 5.41) is 19.6. The van der Waals surface area contributed by atoms with Gasteiger partial charge in [-0.05, 0) is 105 Å². The minimum atomic E-state index is -0.565. The number of fused-ring (bicyclic) bond motifs is 5. The third kappa shape index (κ3) is 3.46. The molecule has 0 aromatic carbocycles. The molecule has 0 bridgehead atoms. The molecule has 0 radical (unpaired) electrons. The van der Waals surface area contributed by atoms with Crippen molar-refractivity contribution in [3.05, 3.63) is 12.4 Å². The molecule has 1 aromatic heterocycles. The molecule has 0 amide bonds. The van der Waals surface area contributed by atoms with Crippen molar-refractivity contribution in [1.82, 2.24) is 15.0 Å². The molecule has 1 aromatic rings. The highest BCUT2D eigenvalue weighted by atomic mass is 16.5. The predicted molar refractivity (Wildman–Crippen MR) is 112 cm³/mol. The molecule has 0 spiro atoms. The molecular weight excluding hydrogens is 362 g/mol. The molecule has 0 unspecified atom stereocenters. The van der Waals surface area contributed by atoms with E-state index in [9.17, 15) is 5.11 Å². The maximum Gasteiger partial charge on any atom is 0.0882 e. The Bertz CT molecular complexity index is 694. The average molecular weight is 402 g/mol. The van der Waals surface area contributed by atoms with Gasteiger partial charge in [-0.15, -0.1) is 0 Å². The summed E-state index contributed by atoms with van der Waals surface area (Å²) in [7, 11) is 1.72. The lowest BCUT2D eigenvalue weighted by molar-refractivity contribution is -0.124. The Morgan fingerprint density at radius 2 is 1.79 bits per heavy atom. The minimum Gasteiger partial charge on any atom is -0.387 e. The molecule has 162 valence electrons. The fourth-order valence-corrected chi connectivity index (χ4v) is 8.58. The first-order chi connectivity index (χ1) is 14.0. The van der Waals surface area contributed by atoms with Crippen molar-refractivity contribution < 1.29 is 9.84 Å². The van der Waals surface area contributed by atoms with Gasteiger partial charge < -0.3 is 9.84 Å². The highest BCUT2D eigenvalue weighted by Gasteiger charge is 2.57. The average Bonchev–Trinajstić information content (AvgIpc) is 3.33. The lowest BCUT2D eigenvalue weighted by Crippen LogP contribution is -2.51. The Labute approximate surface area is 175 Å². The number of aromatic nitrogens is 3. The van der Waals surface area contributed by atoms with Gasteiger partial charge >= 0.3 is 0 Å². The van der Waals surface area contributed by atoms with E-state index in [1.54, 1.807) is 19.5 Å². The molecule has 4 aliphatic rings. The second-order valence-electron chi connectivity index (χ2n) is 11.1. The van der Waals surface area contributed by atoms with Gasteiger partial charge in [0.1, 0.15) is 0 Å². The third-order valence-electron chi connectivity index (χ3n) is 9.86. The van der Waals surface area contributed by atoms with E-state index in [-0.39, 0.29) is 0 Å². The zero-order valence-electron chi connectivity index (χ0n) is 18.3. The Kier molecular flexibility index (Phi) is 5.26. The molecule has 0 saturated heterocycles. The third-order valence-corrected chi connectivity index (χ3v) is 9.86. The largest absolute Gasteiger partial charge is 0.387 e. The van der Waals surface area contributed by atoms with Crippen LogP contribution in [0, 0.1) is 40.9 Å². The summed E-state index contributed by atoms with van der Waals surface area (Å²) in [5.41, 5.74) is -0.0441. The number of ether oxygens (including phenoxy) is 1. The first-order valence-electron chi connectivity index (χ1n) is 12.1.